The Bertz CT molecular complexity index is 500. The van der Waals surface area contributed by atoms with Crippen LogP contribution in [-0.2, 0) is 10.3 Å². The van der Waals surface area contributed by atoms with Gasteiger partial charge in [-0.1, -0.05) is 0 Å². The van der Waals surface area contributed by atoms with E-state index < -0.39 is 10.3 Å². The van der Waals surface area contributed by atoms with Crippen LogP contribution >= 0.6 is 0 Å². The molecule has 0 saturated carbocycles. The SMILES string of the molecule is CCN(CC)C(=O)n1cnc(=S(=O)=O)[nH]1. The fourth-order valence-electron chi connectivity index (χ4n) is 1.09. The van der Waals surface area contributed by atoms with Gasteiger partial charge in [-0.3, -0.25) is 5.10 Å². The van der Waals surface area contributed by atoms with Crippen molar-refractivity contribution in [2.24, 2.45) is 0 Å². The van der Waals surface area contributed by atoms with E-state index in [2.05, 4.69) is 10.1 Å². The number of hydrogen-bond donors (Lipinski definition) is 1. The molecule has 84 valence electrons. The summed E-state index contributed by atoms with van der Waals surface area (Å²) in [6, 6.07) is -0.329. The van der Waals surface area contributed by atoms with Gasteiger partial charge in [0.15, 0.2) is 0 Å². The predicted molar refractivity (Wildman–Crippen MR) is 52.5 cm³/mol. The molecule has 0 aromatic carbocycles. The van der Waals surface area contributed by atoms with E-state index in [1.165, 1.54) is 4.90 Å². The first kappa shape index (κ1) is 11.5. The molecule has 0 unspecified atom stereocenters. The summed E-state index contributed by atoms with van der Waals surface area (Å²) in [7, 11) is -2.45. The zero-order valence-corrected chi connectivity index (χ0v) is 9.28. The zero-order valence-electron chi connectivity index (χ0n) is 8.47. The quantitative estimate of drug-likeness (QED) is 0.723. The topological polar surface area (TPSA) is 88.1 Å². The molecular formula is C7H12N4O3S. The molecule has 1 aromatic heterocycles. The Hall–Kier alpha value is -1.57. The number of aromatic amines is 1. The van der Waals surface area contributed by atoms with Crippen LogP contribution in [0.1, 0.15) is 13.8 Å². The van der Waals surface area contributed by atoms with Gasteiger partial charge in [-0.05, 0) is 13.8 Å². The summed E-state index contributed by atoms with van der Waals surface area (Å²) in [6.45, 7) is 4.78. The first-order valence-corrected chi connectivity index (χ1v) is 5.52. The van der Waals surface area contributed by atoms with Crippen molar-refractivity contribution < 1.29 is 13.2 Å². The van der Waals surface area contributed by atoms with Crippen LogP contribution in [0, 0.1) is 4.77 Å². The second kappa shape index (κ2) is 4.78. The van der Waals surface area contributed by atoms with Crippen LogP contribution in [0.2, 0.25) is 0 Å². The monoisotopic (exact) mass is 232 g/mol. The van der Waals surface area contributed by atoms with E-state index in [1.54, 1.807) is 0 Å². The van der Waals surface area contributed by atoms with Gasteiger partial charge in [0.05, 0.1) is 0 Å². The largest absolute Gasteiger partial charge is 0.344 e. The van der Waals surface area contributed by atoms with Crippen molar-refractivity contribution in [3.05, 3.63) is 11.1 Å². The molecule has 8 heteroatoms. The minimum Gasteiger partial charge on any atom is -0.323 e. The van der Waals surface area contributed by atoms with Crippen molar-refractivity contribution in [2.45, 2.75) is 13.8 Å². The number of nitrogens with zero attached hydrogens (tertiary/aromatic N) is 3. The van der Waals surface area contributed by atoms with Gasteiger partial charge in [-0.2, -0.15) is 13.1 Å². The summed E-state index contributed by atoms with van der Waals surface area (Å²) < 4.78 is 21.8. The van der Waals surface area contributed by atoms with Crippen molar-refractivity contribution in [1.82, 2.24) is 19.7 Å². The summed E-state index contributed by atoms with van der Waals surface area (Å²) in [5.74, 6) is 0. The normalized spacial score (nSPS) is 10.0. The molecule has 0 spiro atoms. The predicted octanol–water partition coefficient (Wildman–Crippen LogP) is -0.0678. The van der Waals surface area contributed by atoms with Crippen molar-refractivity contribution >= 4 is 16.3 Å². The highest BCUT2D eigenvalue weighted by molar-refractivity contribution is 7.63. The Morgan fingerprint density at radius 2 is 2.13 bits per heavy atom. The molecule has 0 fully saturated rings. The third kappa shape index (κ3) is 2.46. The van der Waals surface area contributed by atoms with Gasteiger partial charge >= 0.3 is 6.03 Å². The Kier molecular flexibility index (Phi) is 3.67. The molecule has 1 heterocycles. The first-order valence-electron chi connectivity index (χ1n) is 4.45. The number of carbonyl (C=O) groups excluding carboxylic acids is 1. The number of rotatable bonds is 2. The molecule has 0 aliphatic carbocycles. The second-order valence-electron chi connectivity index (χ2n) is 2.72. The lowest BCUT2D eigenvalue weighted by Gasteiger charge is -2.17. The van der Waals surface area contributed by atoms with E-state index in [-0.39, 0.29) is 10.8 Å². The number of carbonyl (C=O) groups is 1. The van der Waals surface area contributed by atoms with Crippen molar-refractivity contribution in [1.29, 1.82) is 0 Å². The van der Waals surface area contributed by atoms with Gasteiger partial charge in [0.25, 0.3) is 15.1 Å². The minimum absolute atomic E-state index is 0.254. The van der Waals surface area contributed by atoms with Gasteiger partial charge in [0.1, 0.15) is 6.33 Å². The summed E-state index contributed by atoms with van der Waals surface area (Å²) in [5.41, 5.74) is 0. The maximum Gasteiger partial charge on any atom is 0.344 e. The number of hydrogen-bond acceptors (Lipinski definition) is 4. The average molecular weight is 232 g/mol. The Morgan fingerprint density at radius 3 is 2.53 bits per heavy atom. The molecule has 0 atom stereocenters. The lowest BCUT2D eigenvalue weighted by Crippen LogP contribution is -2.34. The lowest BCUT2D eigenvalue weighted by molar-refractivity contribution is 0.201. The Morgan fingerprint density at radius 1 is 1.53 bits per heavy atom. The van der Waals surface area contributed by atoms with Crippen LogP contribution in [0.5, 0.6) is 0 Å². The molecule has 0 aliphatic rings. The van der Waals surface area contributed by atoms with E-state index in [4.69, 9.17) is 0 Å². The van der Waals surface area contributed by atoms with Crippen LogP contribution in [0.3, 0.4) is 0 Å². The lowest BCUT2D eigenvalue weighted by atomic mass is 10.5. The second-order valence-corrected chi connectivity index (χ2v) is 3.58. The van der Waals surface area contributed by atoms with Crippen LogP contribution in [0.15, 0.2) is 6.33 Å². The summed E-state index contributed by atoms with van der Waals surface area (Å²) in [5, 5.41) is 2.36. The maximum atomic E-state index is 11.7. The van der Waals surface area contributed by atoms with Gasteiger partial charge in [0, 0.05) is 13.1 Å². The van der Waals surface area contributed by atoms with Crippen LogP contribution < -0.4 is 0 Å². The molecule has 0 aliphatic heterocycles. The first-order chi connectivity index (χ1) is 7.10. The van der Waals surface area contributed by atoms with Crippen molar-refractivity contribution in [3.8, 4) is 0 Å². The zero-order chi connectivity index (χ0) is 11.4. The Labute approximate surface area is 87.9 Å². The highest BCUT2D eigenvalue weighted by atomic mass is 32.2. The molecule has 0 radical (unpaired) electrons. The minimum atomic E-state index is -2.45. The van der Waals surface area contributed by atoms with Crippen LogP contribution in [-0.4, -0.2) is 47.2 Å². The molecule has 0 saturated heterocycles. The van der Waals surface area contributed by atoms with E-state index in [0.717, 1.165) is 11.0 Å². The van der Waals surface area contributed by atoms with Gasteiger partial charge in [0.2, 0.25) is 0 Å². The standard InChI is InChI=1S/C7H12N4O3S/c1-3-10(4-2)7(12)11-5-8-6(9-11)15(13)14/h5,9H,3-4H2,1-2H3. The molecule has 1 rings (SSSR count). The number of nitrogens with one attached hydrogen (secondary N) is 1. The molecular weight excluding hydrogens is 220 g/mol. The average Bonchev–Trinajstić information content (AvgIpc) is 2.68. The highest BCUT2D eigenvalue weighted by Gasteiger charge is 2.11. The number of amides is 1. The van der Waals surface area contributed by atoms with Crippen LogP contribution in [0.4, 0.5) is 4.79 Å². The molecule has 7 nitrogen and oxygen atoms in total. The number of H-pyrrole nitrogens is 1. The summed E-state index contributed by atoms with van der Waals surface area (Å²) in [4.78, 5) is 16.7. The highest BCUT2D eigenvalue weighted by Crippen LogP contribution is 1.93. The van der Waals surface area contributed by atoms with E-state index >= 15 is 0 Å². The van der Waals surface area contributed by atoms with Crippen molar-refractivity contribution in [3.63, 3.8) is 0 Å². The summed E-state index contributed by atoms with van der Waals surface area (Å²) in [6.07, 6.45) is 1.14. The number of aromatic nitrogens is 3. The molecule has 1 aromatic rings. The van der Waals surface area contributed by atoms with Crippen molar-refractivity contribution in [2.75, 3.05) is 13.1 Å². The molecule has 1 N–H and O–H groups in total. The van der Waals surface area contributed by atoms with E-state index in [1.807, 2.05) is 13.8 Å². The molecule has 15 heavy (non-hydrogen) atoms. The fourth-order valence-corrected chi connectivity index (χ4v) is 1.40. The van der Waals surface area contributed by atoms with E-state index in [9.17, 15) is 13.2 Å². The smallest absolute Gasteiger partial charge is 0.323 e. The summed E-state index contributed by atoms with van der Waals surface area (Å²) >= 11 is 0. The third-order valence-electron chi connectivity index (χ3n) is 1.90. The molecule has 0 bridgehead atoms. The molecule has 1 amide bonds. The fraction of sp³-hybridized carbons (Fsp3) is 0.571. The Balaban J connectivity index is 3.08. The van der Waals surface area contributed by atoms with Crippen LogP contribution in [0.25, 0.3) is 0 Å². The van der Waals surface area contributed by atoms with Gasteiger partial charge < -0.3 is 4.90 Å². The van der Waals surface area contributed by atoms with E-state index in [0.29, 0.717) is 13.1 Å². The maximum absolute atomic E-state index is 11.7. The van der Waals surface area contributed by atoms with Gasteiger partial charge in [-0.25, -0.2) is 9.78 Å². The van der Waals surface area contributed by atoms with Gasteiger partial charge in [-0.15, -0.1) is 0 Å². The third-order valence-corrected chi connectivity index (χ3v) is 2.42.